The predicted octanol–water partition coefficient (Wildman–Crippen LogP) is 0.113. The van der Waals surface area contributed by atoms with Gasteiger partial charge in [-0.3, -0.25) is 14.3 Å². The van der Waals surface area contributed by atoms with Crippen molar-refractivity contribution in [3.63, 3.8) is 0 Å². The summed E-state index contributed by atoms with van der Waals surface area (Å²) in [6.07, 6.45) is 1.18. The molecule has 0 aliphatic carbocycles. The fourth-order valence-electron chi connectivity index (χ4n) is 1.75. The van der Waals surface area contributed by atoms with E-state index >= 15 is 0 Å². The van der Waals surface area contributed by atoms with E-state index in [0.29, 0.717) is 24.2 Å². The smallest absolute Gasteiger partial charge is 0.221 e. The second kappa shape index (κ2) is 5.47. The van der Waals surface area contributed by atoms with Crippen molar-refractivity contribution in [1.82, 2.24) is 15.1 Å². The maximum atomic E-state index is 11.2. The fraction of sp³-hybridized carbons (Fsp3) is 0.545. The number of hydrogen-bond donors (Lipinski definition) is 1. The highest BCUT2D eigenvalue weighted by Crippen LogP contribution is 2.20. The van der Waals surface area contributed by atoms with Crippen molar-refractivity contribution >= 4 is 18.0 Å². The molecule has 0 fully saturated rings. The molecule has 0 saturated carbocycles. The maximum absolute atomic E-state index is 11.2. The summed E-state index contributed by atoms with van der Waals surface area (Å²) in [6, 6.07) is 0. The summed E-state index contributed by atoms with van der Waals surface area (Å²) in [5, 5.41) is 6.76. The van der Waals surface area contributed by atoms with E-state index in [1.54, 1.807) is 25.7 Å². The van der Waals surface area contributed by atoms with Gasteiger partial charge in [-0.2, -0.15) is 5.10 Å². The van der Waals surface area contributed by atoms with E-state index in [9.17, 15) is 9.59 Å². The van der Waals surface area contributed by atoms with Gasteiger partial charge >= 0.3 is 0 Å². The van der Waals surface area contributed by atoms with E-state index in [1.165, 1.54) is 0 Å². The second-order valence-electron chi connectivity index (χ2n) is 3.91. The van der Waals surface area contributed by atoms with Crippen molar-refractivity contribution in [3.8, 4) is 0 Å². The second-order valence-corrected chi connectivity index (χ2v) is 3.91. The van der Waals surface area contributed by atoms with Crippen molar-refractivity contribution in [1.29, 1.82) is 0 Å². The molecule has 0 saturated heterocycles. The first-order valence-electron chi connectivity index (χ1n) is 5.41. The van der Waals surface area contributed by atoms with Crippen LogP contribution >= 0.6 is 0 Å². The molecule has 0 bridgehead atoms. The van der Waals surface area contributed by atoms with Gasteiger partial charge in [0.05, 0.1) is 11.3 Å². The molecule has 1 amide bonds. The van der Waals surface area contributed by atoms with Crippen molar-refractivity contribution in [2.45, 2.75) is 13.3 Å². The molecule has 1 rings (SSSR count). The van der Waals surface area contributed by atoms with E-state index in [4.69, 9.17) is 0 Å². The van der Waals surface area contributed by atoms with Crippen LogP contribution in [0.15, 0.2) is 0 Å². The molecule has 6 heteroatoms. The zero-order valence-corrected chi connectivity index (χ0v) is 10.6. The number of carbonyl (C=O) groups excluding carboxylic acids is 2. The molecule has 6 nitrogen and oxygen atoms in total. The minimum atomic E-state index is -0.0246. The van der Waals surface area contributed by atoms with Gasteiger partial charge in [0, 0.05) is 34.1 Å². The summed E-state index contributed by atoms with van der Waals surface area (Å²) in [4.78, 5) is 24.0. The van der Waals surface area contributed by atoms with Crippen LogP contribution < -0.4 is 10.2 Å². The molecule has 0 atom stereocenters. The molecule has 0 unspecified atom stereocenters. The molecule has 17 heavy (non-hydrogen) atoms. The Kier molecular flexibility index (Phi) is 4.25. The zero-order chi connectivity index (χ0) is 13.0. The van der Waals surface area contributed by atoms with E-state index in [-0.39, 0.29) is 5.91 Å². The lowest BCUT2D eigenvalue weighted by atomic mass is 10.2. The first kappa shape index (κ1) is 13.2. The lowest BCUT2D eigenvalue weighted by Gasteiger charge is -2.19. The number of aldehydes is 1. The first-order chi connectivity index (χ1) is 8.01. The number of rotatable bonds is 5. The van der Waals surface area contributed by atoms with Crippen molar-refractivity contribution in [2.24, 2.45) is 7.05 Å². The highest BCUT2D eigenvalue weighted by molar-refractivity contribution is 5.85. The molecule has 0 aliphatic heterocycles. The molecule has 1 aromatic rings. The molecular weight excluding hydrogens is 220 g/mol. The molecule has 1 heterocycles. The van der Waals surface area contributed by atoms with Crippen LogP contribution in [0.2, 0.25) is 0 Å². The van der Waals surface area contributed by atoms with E-state index in [2.05, 4.69) is 10.4 Å². The Morgan fingerprint density at radius 3 is 2.76 bits per heavy atom. The van der Waals surface area contributed by atoms with Crippen LogP contribution in [0.25, 0.3) is 0 Å². The lowest BCUT2D eigenvalue weighted by molar-refractivity contribution is -0.120. The van der Waals surface area contributed by atoms with Crippen molar-refractivity contribution in [2.75, 3.05) is 25.5 Å². The first-order valence-corrected chi connectivity index (χ1v) is 5.41. The lowest BCUT2D eigenvalue weighted by Crippen LogP contribution is -2.28. The Morgan fingerprint density at radius 1 is 1.59 bits per heavy atom. The summed E-state index contributed by atoms with van der Waals surface area (Å²) in [6.45, 7) is 2.33. The summed E-state index contributed by atoms with van der Waals surface area (Å²) < 4.78 is 1.66. The monoisotopic (exact) mass is 238 g/mol. The molecule has 94 valence electrons. The van der Waals surface area contributed by atoms with Crippen molar-refractivity contribution in [3.05, 3.63) is 11.3 Å². The van der Waals surface area contributed by atoms with Crippen LogP contribution in [0.1, 0.15) is 22.5 Å². The zero-order valence-electron chi connectivity index (χ0n) is 10.6. The Bertz CT molecular complexity index is 425. The maximum Gasteiger partial charge on any atom is 0.221 e. The SMILES string of the molecule is CNC(=O)CCN(C)c1c(C=O)c(C)nn1C. The number of amides is 1. The Morgan fingerprint density at radius 2 is 2.24 bits per heavy atom. The minimum absolute atomic E-state index is 0.0246. The van der Waals surface area contributed by atoms with E-state index < -0.39 is 0 Å². The van der Waals surface area contributed by atoms with Crippen LogP contribution in [0.4, 0.5) is 5.82 Å². The Hall–Kier alpha value is -1.85. The molecule has 1 aromatic heterocycles. The third-order valence-electron chi connectivity index (χ3n) is 2.67. The largest absolute Gasteiger partial charge is 0.359 e. The number of aryl methyl sites for hydroxylation is 2. The van der Waals surface area contributed by atoms with Crippen LogP contribution in [-0.2, 0) is 11.8 Å². The van der Waals surface area contributed by atoms with Gasteiger partial charge in [0.15, 0.2) is 6.29 Å². The van der Waals surface area contributed by atoms with Gasteiger partial charge in [-0.05, 0) is 6.92 Å². The normalized spacial score (nSPS) is 10.1. The fourth-order valence-corrected chi connectivity index (χ4v) is 1.75. The third-order valence-corrected chi connectivity index (χ3v) is 2.67. The predicted molar refractivity (Wildman–Crippen MR) is 65.3 cm³/mol. The Balaban J connectivity index is 2.84. The highest BCUT2D eigenvalue weighted by Gasteiger charge is 2.16. The molecule has 0 spiro atoms. The van der Waals surface area contributed by atoms with Gasteiger partial charge in [0.25, 0.3) is 0 Å². The Labute approximate surface area is 101 Å². The molecule has 1 N–H and O–H groups in total. The van der Waals surface area contributed by atoms with Gasteiger partial charge < -0.3 is 10.2 Å². The van der Waals surface area contributed by atoms with Crippen LogP contribution in [0.5, 0.6) is 0 Å². The molecule has 0 aromatic carbocycles. The molecule has 0 radical (unpaired) electrons. The standard InChI is InChI=1S/C11H18N4O2/c1-8-9(7-16)11(15(4)13-8)14(3)6-5-10(17)12-2/h7H,5-6H2,1-4H3,(H,12,17). The minimum Gasteiger partial charge on any atom is -0.359 e. The van der Waals surface area contributed by atoms with Crippen molar-refractivity contribution < 1.29 is 9.59 Å². The number of nitrogens with one attached hydrogen (secondary N) is 1. The number of hydrogen-bond acceptors (Lipinski definition) is 4. The van der Waals surface area contributed by atoms with Gasteiger partial charge in [-0.1, -0.05) is 0 Å². The quantitative estimate of drug-likeness (QED) is 0.739. The summed E-state index contributed by atoms with van der Waals surface area (Å²) in [7, 11) is 5.23. The number of carbonyl (C=O) groups is 2. The summed E-state index contributed by atoms with van der Waals surface area (Å²) in [5.41, 5.74) is 1.27. The average molecular weight is 238 g/mol. The summed E-state index contributed by atoms with van der Waals surface area (Å²) in [5.74, 6) is 0.713. The van der Waals surface area contributed by atoms with Crippen LogP contribution in [-0.4, -0.2) is 42.6 Å². The molecular formula is C11H18N4O2. The topological polar surface area (TPSA) is 67.2 Å². The van der Waals surface area contributed by atoms with E-state index in [0.717, 1.165) is 12.1 Å². The van der Waals surface area contributed by atoms with Crippen LogP contribution in [0.3, 0.4) is 0 Å². The molecule has 0 aliphatic rings. The third kappa shape index (κ3) is 2.83. The average Bonchev–Trinajstić information content (AvgIpc) is 2.59. The van der Waals surface area contributed by atoms with Crippen LogP contribution in [0, 0.1) is 6.92 Å². The van der Waals surface area contributed by atoms with Gasteiger partial charge in [0.2, 0.25) is 5.91 Å². The van der Waals surface area contributed by atoms with Gasteiger partial charge in [0.1, 0.15) is 5.82 Å². The number of nitrogens with zero attached hydrogens (tertiary/aromatic N) is 3. The highest BCUT2D eigenvalue weighted by atomic mass is 16.1. The van der Waals surface area contributed by atoms with E-state index in [1.807, 2.05) is 11.9 Å². The number of aromatic nitrogens is 2. The number of anilines is 1. The summed E-state index contributed by atoms with van der Waals surface area (Å²) >= 11 is 0. The van der Waals surface area contributed by atoms with Gasteiger partial charge in [-0.15, -0.1) is 0 Å². The van der Waals surface area contributed by atoms with Gasteiger partial charge in [-0.25, -0.2) is 0 Å².